The third kappa shape index (κ3) is 4.64. The first-order valence-corrected chi connectivity index (χ1v) is 9.33. The predicted molar refractivity (Wildman–Crippen MR) is 105 cm³/mol. The summed E-state index contributed by atoms with van der Waals surface area (Å²) >= 11 is 1.41. The molecule has 26 heavy (non-hydrogen) atoms. The standard InChI is InChI=1S/C21H21NO3S/c1-3-24-18-9-4-5-10-19(18)25-13-16-12-20(26-14-16)21(23)22-17-8-6-7-15(2)11-17/h4-12,14H,3,13H2,1-2H3,(H,22,23). The number of nitrogens with one attached hydrogen (secondary N) is 1. The van der Waals surface area contributed by atoms with Gasteiger partial charge in [0.05, 0.1) is 11.5 Å². The molecule has 0 radical (unpaired) electrons. The highest BCUT2D eigenvalue weighted by molar-refractivity contribution is 7.12. The summed E-state index contributed by atoms with van der Waals surface area (Å²) in [5.74, 6) is 1.32. The molecule has 0 bridgehead atoms. The second kappa shape index (κ2) is 8.54. The highest BCUT2D eigenvalue weighted by Crippen LogP contribution is 2.28. The number of hydrogen-bond acceptors (Lipinski definition) is 4. The molecule has 2 aromatic carbocycles. The summed E-state index contributed by atoms with van der Waals surface area (Å²) in [6.07, 6.45) is 0. The van der Waals surface area contributed by atoms with Crippen LogP contribution in [0, 0.1) is 6.92 Å². The zero-order valence-corrected chi connectivity index (χ0v) is 15.6. The van der Waals surface area contributed by atoms with Gasteiger partial charge in [0.2, 0.25) is 0 Å². The van der Waals surface area contributed by atoms with E-state index >= 15 is 0 Å². The van der Waals surface area contributed by atoms with Gasteiger partial charge in [0.1, 0.15) is 6.61 Å². The maximum absolute atomic E-state index is 12.4. The maximum Gasteiger partial charge on any atom is 0.265 e. The van der Waals surface area contributed by atoms with E-state index in [1.54, 1.807) is 0 Å². The number of anilines is 1. The Labute approximate surface area is 157 Å². The monoisotopic (exact) mass is 367 g/mol. The average Bonchev–Trinajstić information content (AvgIpc) is 3.10. The molecule has 0 aliphatic heterocycles. The number of amides is 1. The lowest BCUT2D eigenvalue weighted by Gasteiger charge is -2.10. The number of rotatable bonds is 7. The Morgan fingerprint density at radius 2 is 1.81 bits per heavy atom. The van der Waals surface area contributed by atoms with E-state index < -0.39 is 0 Å². The van der Waals surface area contributed by atoms with Gasteiger partial charge in [-0.25, -0.2) is 0 Å². The van der Waals surface area contributed by atoms with Gasteiger partial charge in [0.25, 0.3) is 5.91 Å². The molecular weight excluding hydrogens is 346 g/mol. The minimum absolute atomic E-state index is 0.110. The van der Waals surface area contributed by atoms with E-state index in [-0.39, 0.29) is 5.91 Å². The molecule has 1 amide bonds. The second-order valence-electron chi connectivity index (χ2n) is 5.81. The number of thiophene rings is 1. The van der Waals surface area contributed by atoms with Crippen LogP contribution in [0.25, 0.3) is 0 Å². The molecule has 3 aromatic rings. The van der Waals surface area contributed by atoms with Crippen LogP contribution in [0.4, 0.5) is 5.69 Å². The van der Waals surface area contributed by atoms with Crippen molar-refractivity contribution in [2.24, 2.45) is 0 Å². The van der Waals surface area contributed by atoms with Crippen LogP contribution >= 0.6 is 11.3 Å². The summed E-state index contributed by atoms with van der Waals surface area (Å²) in [6, 6.07) is 17.2. The number of hydrogen-bond donors (Lipinski definition) is 1. The van der Waals surface area contributed by atoms with Crippen molar-refractivity contribution in [1.29, 1.82) is 0 Å². The number of para-hydroxylation sites is 2. The van der Waals surface area contributed by atoms with Gasteiger partial charge in [0.15, 0.2) is 11.5 Å². The van der Waals surface area contributed by atoms with Crippen molar-refractivity contribution in [2.45, 2.75) is 20.5 Å². The topological polar surface area (TPSA) is 47.6 Å². The lowest BCUT2D eigenvalue weighted by molar-refractivity contribution is 0.103. The first-order chi connectivity index (χ1) is 12.7. The van der Waals surface area contributed by atoms with E-state index in [0.717, 1.165) is 22.6 Å². The van der Waals surface area contributed by atoms with Crippen LogP contribution in [-0.4, -0.2) is 12.5 Å². The van der Waals surface area contributed by atoms with Crippen molar-refractivity contribution in [1.82, 2.24) is 0 Å². The number of benzene rings is 2. The fourth-order valence-corrected chi connectivity index (χ4v) is 3.28. The zero-order valence-electron chi connectivity index (χ0n) is 14.8. The minimum atomic E-state index is -0.110. The molecule has 3 rings (SSSR count). The van der Waals surface area contributed by atoms with Crippen molar-refractivity contribution in [3.8, 4) is 11.5 Å². The molecule has 0 atom stereocenters. The Morgan fingerprint density at radius 1 is 1.04 bits per heavy atom. The highest BCUT2D eigenvalue weighted by Gasteiger charge is 2.11. The van der Waals surface area contributed by atoms with Crippen molar-refractivity contribution in [2.75, 3.05) is 11.9 Å². The molecule has 4 nitrogen and oxygen atoms in total. The van der Waals surface area contributed by atoms with Crippen LogP contribution in [0.3, 0.4) is 0 Å². The summed E-state index contributed by atoms with van der Waals surface area (Å²) in [4.78, 5) is 13.0. The molecule has 0 saturated carbocycles. The van der Waals surface area contributed by atoms with Crippen molar-refractivity contribution < 1.29 is 14.3 Å². The van der Waals surface area contributed by atoms with Crippen molar-refractivity contribution >= 4 is 22.9 Å². The van der Waals surface area contributed by atoms with Gasteiger partial charge in [-0.2, -0.15) is 0 Å². The Bertz CT molecular complexity index is 888. The molecule has 0 fully saturated rings. The lowest BCUT2D eigenvalue weighted by atomic mass is 10.2. The Kier molecular flexibility index (Phi) is 5.92. The molecule has 0 spiro atoms. The van der Waals surface area contributed by atoms with Crippen LogP contribution in [0.5, 0.6) is 11.5 Å². The molecule has 1 aromatic heterocycles. The number of aryl methyl sites for hydroxylation is 1. The van der Waals surface area contributed by atoms with Crippen LogP contribution in [0.15, 0.2) is 60.0 Å². The smallest absolute Gasteiger partial charge is 0.265 e. The zero-order chi connectivity index (χ0) is 18.4. The van der Waals surface area contributed by atoms with Crippen LogP contribution in [-0.2, 0) is 6.61 Å². The van der Waals surface area contributed by atoms with Gasteiger partial charge in [-0.1, -0.05) is 24.3 Å². The van der Waals surface area contributed by atoms with Gasteiger partial charge in [-0.3, -0.25) is 4.79 Å². The van der Waals surface area contributed by atoms with Crippen LogP contribution in [0.2, 0.25) is 0 Å². The minimum Gasteiger partial charge on any atom is -0.490 e. The third-order valence-electron chi connectivity index (χ3n) is 3.70. The fourth-order valence-electron chi connectivity index (χ4n) is 2.49. The number of carbonyl (C=O) groups excluding carboxylic acids is 1. The number of carbonyl (C=O) groups is 1. The Morgan fingerprint density at radius 3 is 2.54 bits per heavy atom. The molecule has 0 saturated heterocycles. The van der Waals surface area contributed by atoms with Gasteiger partial charge >= 0.3 is 0 Å². The lowest BCUT2D eigenvalue weighted by Crippen LogP contribution is -2.10. The largest absolute Gasteiger partial charge is 0.490 e. The summed E-state index contributed by atoms with van der Waals surface area (Å²) < 4.78 is 11.4. The Balaban J connectivity index is 1.62. The molecule has 1 N–H and O–H groups in total. The average molecular weight is 367 g/mol. The highest BCUT2D eigenvalue weighted by atomic mass is 32.1. The normalized spacial score (nSPS) is 10.4. The SMILES string of the molecule is CCOc1ccccc1OCc1csc(C(=O)Nc2cccc(C)c2)c1. The van der Waals surface area contributed by atoms with Crippen molar-refractivity contribution in [3.63, 3.8) is 0 Å². The molecule has 0 aliphatic rings. The molecular formula is C21H21NO3S. The first-order valence-electron chi connectivity index (χ1n) is 8.45. The van der Waals surface area contributed by atoms with E-state index in [1.807, 2.05) is 73.8 Å². The van der Waals surface area contributed by atoms with Gasteiger partial charge in [-0.15, -0.1) is 11.3 Å². The fraction of sp³-hybridized carbons (Fsp3) is 0.190. The molecule has 0 unspecified atom stereocenters. The maximum atomic E-state index is 12.4. The summed E-state index contributed by atoms with van der Waals surface area (Å²) in [5, 5.41) is 4.86. The molecule has 1 heterocycles. The van der Waals surface area contributed by atoms with Gasteiger partial charge in [0, 0.05) is 11.3 Å². The summed E-state index contributed by atoms with van der Waals surface area (Å²) in [6.45, 7) is 4.91. The summed E-state index contributed by atoms with van der Waals surface area (Å²) in [7, 11) is 0. The molecule has 5 heteroatoms. The van der Waals surface area contributed by atoms with E-state index in [0.29, 0.717) is 23.8 Å². The predicted octanol–water partition coefficient (Wildman–Crippen LogP) is 5.29. The molecule has 134 valence electrons. The van der Waals surface area contributed by atoms with Crippen LogP contribution < -0.4 is 14.8 Å². The van der Waals surface area contributed by atoms with Gasteiger partial charge in [-0.05, 0) is 55.1 Å². The van der Waals surface area contributed by atoms with E-state index in [2.05, 4.69) is 5.32 Å². The Hall–Kier alpha value is -2.79. The molecule has 0 aliphatic carbocycles. The van der Waals surface area contributed by atoms with E-state index in [1.165, 1.54) is 11.3 Å². The number of ether oxygens (including phenoxy) is 2. The van der Waals surface area contributed by atoms with Gasteiger partial charge < -0.3 is 14.8 Å². The second-order valence-corrected chi connectivity index (χ2v) is 6.72. The quantitative estimate of drug-likeness (QED) is 0.617. The third-order valence-corrected chi connectivity index (χ3v) is 4.67. The van der Waals surface area contributed by atoms with E-state index in [9.17, 15) is 4.79 Å². The summed E-state index contributed by atoms with van der Waals surface area (Å²) in [5.41, 5.74) is 2.86. The van der Waals surface area contributed by atoms with E-state index in [4.69, 9.17) is 9.47 Å². The first kappa shape index (κ1) is 18.0. The van der Waals surface area contributed by atoms with Crippen molar-refractivity contribution in [3.05, 3.63) is 76.0 Å². The van der Waals surface area contributed by atoms with Crippen LogP contribution in [0.1, 0.15) is 27.7 Å².